The second kappa shape index (κ2) is 11.9. The molecule has 0 saturated carbocycles. The fourth-order valence-corrected chi connectivity index (χ4v) is 5.90. The molecular formula is C40H32BN3. The summed E-state index contributed by atoms with van der Waals surface area (Å²) in [5.41, 5.74) is 8.10. The summed E-state index contributed by atoms with van der Waals surface area (Å²) in [6, 6.07) is 42.4. The van der Waals surface area contributed by atoms with Crippen LogP contribution in [0.15, 0.2) is 121 Å². The molecule has 0 saturated heterocycles. The van der Waals surface area contributed by atoms with Gasteiger partial charge in [-0.2, -0.15) is 0 Å². The van der Waals surface area contributed by atoms with Gasteiger partial charge in [0.25, 0.3) is 0 Å². The molecule has 7 aromatic rings. The van der Waals surface area contributed by atoms with Crippen LogP contribution in [0.5, 0.6) is 0 Å². The van der Waals surface area contributed by atoms with Crippen molar-refractivity contribution in [2.75, 3.05) is 0 Å². The van der Waals surface area contributed by atoms with Crippen molar-refractivity contribution in [3.63, 3.8) is 0 Å². The highest BCUT2D eigenvalue weighted by Gasteiger charge is 2.15. The Bertz CT molecular complexity index is 2120. The normalized spacial score (nSPS) is 11.3. The minimum absolute atomic E-state index is 0.597. The standard InChI is InChI=1S/C40H32BN3/c1-3-4-9-27-16-20-29(21-17-27)39-42-38(28-18-14-26(2)15-19-28)43-40(44-39)32-22-31(23-33(41)24-32)37-25-30-10-5-6-11-34(30)35-12-7-8-13-36(35)37/h5-8,10-25H,3-4,9H2,1-2H3. The van der Waals surface area contributed by atoms with Gasteiger partial charge in [-0.15, -0.1) is 0 Å². The summed E-state index contributed by atoms with van der Waals surface area (Å²) in [5, 5.41) is 4.83. The lowest BCUT2D eigenvalue weighted by molar-refractivity contribution is 0.795. The van der Waals surface area contributed by atoms with Gasteiger partial charge < -0.3 is 0 Å². The molecule has 0 fully saturated rings. The molecule has 0 aliphatic carbocycles. The Hall–Kier alpha value is -5.09. The zero-order chi connectivity index (χ0) is 30.0. The average Bonchev–Trinajstić information content (AvgIpc) is 3.07. The molecule has 0 atom stereocenters. The number of fused-ring (bicyclic) bond motifs is 3. The van der Waals surface area contributed by atoms with E-state index in [0.29, 0.717) is 22.9 Å². The van der Waals surface area contributed by atoms with Gasteiger partial charge in [-0.25, -0.2) is 15.0 Å². The summed E-state index contributed by atoms with van der Waals surface area (Å²) in [4.78, 5) is 15.0. The van der Waals surface area contributed by atoms with Crippen LogP contribution >= 0.6 is 0 Å². The van der Waals surface area contributed by atoms with E-state index in [9.17, 15) is 0 Å². The number of aryl methyl sites for hydroxylation is 2. The second-order valence-corrected chi connectivity index (χ2v) is 11.5. The predicted octanol–water partition coefficient (Wildman–Crippen LogP) is 9.29. The summed E-state index contributed by atoms with van der Waals surface area (Å²) in [7, 11) is 6.59. The molecule has 0 N–H and O–H groups in total. The molecule has 6 aromatic carbocycles. The van der Waals surface area contributed by atoms with Crippen molar-refractivity contribution in [2.45, 2.75) is 33.1 Å². The lowest BCUT2D eigenvalue weighted by atomic mass is 9.87. The average molecular weight is 566 g/mol. The quantitative estimate of drug-likeness (QED) is 0.143. The summed E-state index contributed by atoms with van der Waals surface area (Å²) in [5.74, 6) is 1.88. The van der Waals surface area contributed by atoms with Crippen molar-refractivity contribution in [3.8, 4) is 45.3 Å². The summed E-state index contributed by atoms with van der Waals surface area (Å²) in [6.45, 7) is 4.30. The molecule has 0 aliphatic rings. The molecule has 44 heavy (non-hydrogen) atoms. The van der Waals surface area contributed by atoms with Gasteiger partial charge >= 0.3 is 0 Å². The van der Waals surface area contributed by atoms with Gasteiger partial charge in [-0.05, 0) is 70.1 Å². The van der Waals surface area contributed by atoms with Gasteiger partial charge in [0, 0.05) is 16.7 Å². The highest BCUT2D eigenvalue weighted by Crippen LogP contribution is 2.36. The summed E-state index contributed by atoms with van der Waals surface area (Å²) >= 11 is 0. The van der Waals surface area contributed by atoms with E-state index < -0.39 is 0 Å². The van der Waals surface area contributed by atoms with E-state index in [2.05, 4.69) is 123 Å². The molecule has 0 unspecified atom stereocenters. The zero-order valence-corrected chi connectivity index (χ0v) is 25.1. The number of nitrogens with zero attached hydrogens (tertiary/aromatic N) is 3. The molecule has 1 aromatic heterocycles. The molecule has 3 nitrogen and oxygen atoms in total. The first-order chi connectivity index (χ1) is 21.6. The third-order valence-electron chi connectivity index (χ3n) is 8.27. The van der Waals surface area contributed by atoms with Crippen LogP contribution in [0.4, 0.5) is 0 Å². The van der Waals surface area contributed by atoms with Crippen LogP contribution in [-0.2, 0) is 6.42 Å². The van der Waals surface area contributed by atoms with Crippen LogP contribution < -0.4 is 5.46 Å². The van der Waals surface area contributed by atoms with Crippen molar-refractivity contribution < 1.29 is 0 Å². The van der Waals surface area contributed by atoms with E-state index in [1.807, 2.05) is 12.1 Å². The summed E-state index contributed by atoms with van der Waals surface area (Å²) < 4.78 is 0. The molecule has 0 aliphatic heterocycles. The van der Waals surface area contributed by atoms with Crippen molar-refractivity contribution in [1.82, 2.24) is 15.0 Å². The molecule has 7 rings (SSSR count). The molecular weight excluding hydrogens is 533 g/mol. The fourth-order valence-electron chi connectivity index (χ4n) is 5.90. The first kappa shape index (κ1) is 27.7. The van der Waals surface area contributed by atoms with Crippen LogP contribution in [0, 0.1) is 6.92 Å². The molecule has 1 heterocycles. The van der Waals surface area contributed by atoms with E-state index in [1.54, 1.807) is 0 Å². The minimum atomic E-state index is 0.597. The molecule has 210 valence electrons. The van der Waals surface area contributed by atoms with Gasteiger partial charge in [0.1, 0.15) is 7.85 Å². The Morgan fingerprint density at radius 3 is 1.80 bits per heavy atom. The SMILES string of the molecule is [B]c1cc(-c2nc(-c3ccc(C)cc3)nc(-c3ccc(CCCC)cc3)n2)cc(-c2cc3ccccc3c3ccccc23)c1. The highest BCUT2D eigenvalue weighted by molar-refractivity contribution is 6.33. The van der Waals surface area contributed by atoms with Gasteiger partial charge in [0.05, 0.1) is 0 Å². The maximum atomic E-state index is 6.59. The Balaban J connectivity index is 1.39. The van der Waals surface area contributed by atoms with E-state index in [-0.39, 0.29) is 0 Å². The molecule has 0 amide bonds. The third kappa shape index (κ3) is 5.52. The van der Waals surface area contributed by atoms with Crippen LogP contribution in [0.2, 0.25) is 0 Å². The fraction of sp³-hybridized carbons (Fsp3) is 0.125. The Kier molecular flexibility index (Phi) is 7.49. The second-order valence-electron chi connectivity index (χ2n) is 11.5. The molecule has 4 heteroatoms. The lowest BCUT2D eigenvalue weighted by Crippen LogP contribution is -2.06. The summed E-state index contributed by atoms with van der Waals surface area (Å²) in [6.07, 6.45) is 3.43. The van der Waals surface area contributed by atoms with Crippen LogP contribution in [0.25, 0.3) is 66.8 Å². The number of unbranched alkanes of at least 4 members (excludes halogenated alkanes) is 1. The smallest absolute Gasteiger partial charge is 0.164 e. The molecule has 2 radical (unpaired) electrons. The van der Waals surface area contributed by atoms with E-state index in [0.717, 1.165) is 34.2 Å². The van der Waals surface area contributed by atoms with E-state index in [4.69, 9.17) is 22.8 Å². The van der Waals surface area contributed by atoms with Gasteiger partial charge in [0.2, 0.25) is 0 Å². The van der Waals surface area contributed by atoms with Crippen LogP contribution in [0.3, 0.4) is 0 Å². The number of benzene rings is 6. The van der Waals surface area contributed by atoms with Crippen LogP contribution in [0.1, 0.15) is 30.9 Å². The topological polar surface area (TPSA) is 38.7 Å². The van der Waals surface area contributed by atoms with Crippen LogP contribution in [-0.4, -0.2) is 22.8 Å². The lowest BCUT2D eigenvalue weighted by Gasteiger charge is -2.14. The van der Waals surface area contributed by atoms with Crippen molar-refractivity contribution >= 4 is 34.9 Å². The Morgan fingerprint density at radius 1 is 0.545 bits per heavy atom. The Morgan fingerprint density at radius 2 is 1.11 bits per heavy atom. The number of rotatable bonds is 7. The number of hydrogen-bond donors (Lipinski definition) is 0. The zero-order valence-electron chi connectivity index (χ0n) is 25.1. The van der Waals surface area contributed by atoms with Crippen molar-refractivity contribution in [1.29, 1.82) is 0 Å². The maximum absolute atomic E-state index is 6.59. The number of hydrogen-bond acceptors (Lipinski definition) is 3. The highest BCUT2D eigenvalue weighted by atomic mass is 15.0. The minimum Gasteiger partial charge on any atom is -0.208 e. The van der Waals surface area contributed by atoms with Gasteiger partial charge in [-0.3, -0.25) is 0 Å². The number of aromatic nitrogens is 3. The van der Waals surface area contributed by atoms with Gasteiger partial charge in [0.15, 0.2) is 17.5 Å². The first-order valence-electron chi connectivity index (χ1n) is 15.3. The molecule has 0 bridgehead atoms. The monoisotopic (exact) mass is 565 g/mol. The third-order valence-corrected chi connectivity index (χ3v) is 8.27. The Labute approximate surface area is 260 Å². The van der Waals surface area contributed by atoms with Crippen molar-refractivity contribution in [2.24, 2.45) is 0 Å². The van der Waals surface area contributed by atoms with Crippen molar-refractivity contribution in [3.05, 3.63) is 132 Å². The first-order valence-corrected chi connectivity index (χ1v) is 15.3. The van der Waals surface area contributed by atoms with Gasteiger partial charge in [-0.1, -0.05) is 134 Å². The maximum Gasteiger partial charge on any atom is 0.164 e. The molecule has 0 spiro atoms. The largest absolute Gasteiger partial charge is 0.208 e. The predicted molar refractivity (Wildman–Crippen MR) is 185 cm³/mol. The van der Waals surface area contributed by atoms with E-state index in [1.165, 1.54) is 45.5 Å². The van der Waals surface area contributed by atoms with E-state index >= 15 is 0 Å².